The summed E-state index contributed by atoms with van der Waals surface area (Å²) in [4.78, 5) is 3.36. The lowest BCUT2D eigenvalue weighted by Gasteiger charge is -2.03. The molecule has 3 N–H and O–H groups in total. The predicted octanol–water partition coefficient (Wildman–Crippen LogP) is 4.33. The Hall–Kier alpha value is -2.09. The summed E-state index contributed by atoms with van der Waals surface area (Å²) in [6.07, 6.45) is 3.62. The number of fused-ring (bicyclic) bond motifs is 1. The highest BCUT2D eigenvalue weighted by atomic mass is 35.5. The third-order valence-corrected chi connectivity index (χ3v) is 4.96. The SMILES string of the molecule is Clc1ccc2c(-c3cn[nH]c3)c(CNc3nncs3)[nH]c2c1Cl. The van der Waals surface area contributed by atoms with Gasteiger partial charge in [0.1, 0.15) is 5.51 Å². The van der Waals surface area contributed by atoms with Crippen molar-refractivity contribution in [3.63, 3.8) is 0 Å². The molecule has 116 valence electrons. The Balaban J connectivity index is 1.84. The second-order valence-electron chi connectivity index (χ2n) is 4.85. The van der Waals surface area contributed by atoms with Crippen LogP contribution in [0.25, 0.3) is 22.0 Å². The lowest BCUT2D eigenvalue weighted by atomic mass is 10.1. The molecule has 0 aliphatic carbocycles. The van der Waals surface area contributed by atoms with Crippen LogP contribution in [-0.4, -0.2) is 25.4 Å². The molecule has 3 heterocycles. The first-order chi connectivity index (χ1) is 11.2. The molecule has 0 atom stereocenters. The van der Waals surface area contributed by atoms with Gasteiger partial charge in [0.2, 0.25) is 5.13 Å². The molecular weight excluding hydrogens is 355 g/mol. The first-order valence-electron chi connectivity index (χ1n) is 6.72. The second-order valence-corrected chi connectivity index (χ2v) is 6.47. The van der Waals surface area contributed by atoms with E-state index in [-0.39, 0.29) is 0 Å². The molecule has 4 rings (SSSR count). The highest BCUT2D eigenvalue weighted by Gasteiger charge is 2.17. The fourth-order valence-corrected chi connectivity index (χ4v) is 3.33. The van der Waals surface area contributed by atoms with E-state index in [1.54, 1.807) is 17.8 Å². The van der Waals surface area contributed by atoms with Gasteiger partial charge >= 0.3 is 0 Å². The number of aromatic nitrogens is 5. The molecular formula is C14H10Cl2N6S. The number of anilines is 1. The minimum atomic E-state index is 0.510. The van der Waals surface area contributed by atoms with E-state index in [4.69, 9.17) is 23.2 Å². The molecule has 0 saturated carbocycles. The van der Waals surface area contributed by atoms with Crippen LogP contribution in [0.2, 0.25) is 10.0 Å². The van der Waals surface area contributed by atoms with Crippen molar-refractivity contribution in [2.24, 2.45) is 0 Å². The van der Waals surface area contributed by atoms with Gasteiger partial charge in [-0.2, -0.15) is 5.10 Å². The molecule has 0 spiro atoms. The molecule has 0 bridgehead atoms. The number of nitrogens with zero attached hydrogens (tertiary/aromatic N) is 3. The van der Waals surface area contributed by atoms with E-state index in [0.29, 0.717) is 16.6 Å². The number of benzene rings is 1. The van der Waals surface area contributed by atoms with Crippen LogP contribution in [0.1, 0.15) is 5.69 Å². The summed E-state index contributed by atoms with van der Waals surface area (Å²) in [7, 11) is 0. The van der Waals surface area contributed by atoms with Gasteiger partial charge < -0.3 is 10.3 Å². The molecule has 1 aromatic carbocycles. The number of rotatable bonds is 4. The maximum Gasteiger partial charge on any atom is 0.205 e. The van der Waals surface area contributed by atoms with E-state index in [1.165, 1.54) is 11.3 Å². The number of nitrogens with one attached hydrogen (secondary N) is 3. The number of hydrogen-bond acceptors (Lipinski definition) is 5. The van der Waals surface area contributed by atoms with Crippen molar-refractivity contribution in [3.8, 4) is 11.1 Å². The Labute approximate surface area is 144 Å². The number of halogens is 2. The Morgan fingerprint density at radius 1 is 1.26 bits per heavy atom. The van der Waals surface area contributed by atoms with Crippen molar-refractivity contribution in [2.45, 2.75) is 6.54 Å². The van der Waals surface area contributed by atoms with Gasteiger partial charge in [-0.25, -0.2) is 0 Å². The molecule has 0 fully saturated rings. The first kappa shape index (κ1) is 14.5. The maximum atomic E-state index is 6.35. The molecule has 0 aliphatic rings. The summed E-state index contributed by atoms with van der Waals surface area (Å²) in [6, 6.07) is 3.75. The molecule has 0 saturated heterocycles. The zero-order valence-corrected chi connectivity index (χ0v) is 13.9. The quantitative estimate of drug-likeness (QED) is 0.503. The Morgan fingerprint density at radius 3 is 2.91 bits per heavy atom. The summed E-state index contributed by atoms with van der Waals surface area (Å²) in [5.41, 5.74) is 5.47. The number of hydrogen-bond donors (Lipinski definition) is 3. The van der Waals surface area contributed by atoms with Crippen molar-refractivity contribution in [2.75, 3.05) is 5.32 Å². The third-order valence-electron chi connectivity index (χ3n) is 3.51. The number of H-pyrrole nitrogens is 2. The zero-order chi connectivity index (χ0) is 15.8. The lowest BCUT2D eigenvalue weighted by molar-refractivity contribution is 1.03. The summed E-state index contributed by atoms with van der Waals surface area (Å²) in [5, 5.41) is 20.7. The van der Waals surface area contributed by atoms with Crippen LogP contribution in [-0.2, 0) is 6.54 Å². The summed E-state index contributed by atoms with van der Waals surface area (Å²) in [5.74, 6) is 0. The van der Waals surface area contributed by atoms with E-state index >= 15 is 0 Å². The van der Waals surface area contributed by atoms with Crippen LogP contribution in [0.5, 0.6) is 0 Å². The van der Waals surface area contributed by atoms with Gasteiger partial charge in [0.25, 0.3) is 0 Å². The summed E-state index contributed by atoms with van der Waals surface area (Å²) < 4.78 is 0. The van der Waals surface area contributed by atoms with Gasteiger partial charge in [0.05, 0.1) is 28.3 Å². The van der Waals surface area contributed by atoms with Gasteiger partial charge in [-0.05, 0) is 6.07 Å². The Bertz CT molecular complexity index is 946. The van der Waals surface area contributed by atoms with Crippen LogP contribution in [0.3, 0.4) is 0 Å². The van der Waals surface area contributed by atoms with Crippen LogP contribution in [0.4, 0.5) is 5.13 Å². The van der Waals surface area contributed by atoms with E-state index in [9.17, 15) is 0 Å². The largest absolute Gasteiger partial charge is 0.355 e. The van der Waals surface area contributed by atoms with Crippen LogP contribution in [0, 0.1) is 0 Å². The average Bonchev–Trinajstić information content (AvgIpc) is 3.28. The molecule has 0 aliphatic heterocycles. The molecule has 0 unspecified atom stereocenters. The lowest BCUT2D eigenvalue weighted by Crippen LogP contribution is -2.00. The molecule has 6 nitrogen and oxygen atoms in total. The zero-order valence-electron chi connectivity index (χ0n) is 11.6. The van der Waals surface area contributed by atoms with E-state index < -0.39 is 0 Å². The molecule has 4 aromatic rings. The standard InChI is InChI=1S/C14H10Cl2N6S/c15-9-2-1-8-11(7-3-18-19-4-7)10(21-13(8)12(9)16)5-17-14-22-20-6-23-14/h1-4,6,21H,5H2,(H,17,22)(H,18,19). The van der Waals surface area contributed by atoms with Crippen LogP contribution >= 0.6 is 34.5 Å². The van der Waals surface area contributed by atoms with Crippen molar-refractivity contribution in [1.82, 2.24) is 25.4 Å². The topological polar surface area (TPSA) is 82.3 Å². The predicted molar refractivity (Wildman–Crippen MR) is 93.1 cm³/mol. The fraction of sp³-hybridized carbons (Fsp3) is 0.0714. The van der Waals surface area contributed by atoms with Gasteiger partial charge in [-0.15, -0.1) is 10.2 Å². The van der Waals surface area contributed by atoms with E-state index in [0.717, 1.165) is 32.9 Å². The molecule has 0 amide bonds. The van der Waals surface area contributed by atoms with Crippen LogP contribution in [0.15, 0.2) is 30.0 Å². The summed E-state index contributed by atoms with van der Waals surface area (Å²) >= 11 is 13.9. The van der Waals surface area contributed by atoms with Gasteiger partial charge in [-0.1, -0.05) is 40.6 Å². The Morgan fingerprint density at radius 2 is 2.17 bits per heavy atom. The smallest absolute Gasteiger partial charge is 0.205 e. The minimum absolute atomic E-state index is 0.510. The highest BCUT2D eigenvalue weighted by Crippen LogP contribution is 2.38. The third kappa shape index (κ3) is 2.56. The molecule has 0 radical (unpaired) electrons. The number of aromatic amines is 2. The maximum absolute atomic E-state index is 6.35. The minimum Gasteiger partial charge on any atom is -0.355 e. The van der Waals surface area contributed by atoms with Crippen molar-refractivity contribution < 1.29 is 0 Å². The highest BCUT2D eigenvalue weighted by molar-refractivity contribution is 7.13. The van der Waals surface area contributed by atoms with Crippen molar-refractivity contribution in [1.29, 1.82) is 0 Å². The fourth-order valence-electron chi connectivity index (χ4n) is 2.52. The molecule has 23 heavy (non-hydrogen) atoms. The molecule has 3 aromatic heterocycles. The normalized spacial score (nSPS) is 11.2. The van der Waals surface area contributed by atoms with E-state index in [1.807, 2.05) is 12.3 Å². The van der Waals surface area contributed by atoms with Crippen LogP contribution < -0.4 is 5.32 Å². The Kier molecular flexibility index (Phi) is 3.68. The average molecular weight is 365 g/mol. The van der Waals surface area contributed by atoms with Crippen molar-refractivity contribution in [3.05, 3.63) is 45.8 Å². The molecule has 9 heteroatoms. The second kappa shape index (κ2) is 5.84. The summed E-state index contributed by atoms with van der Waals surface area (Å²) in [6.45, 7) is 0.554. The van der Waals surface area contributed by atoms with Crippen molar-refractivity contribution >= 4 is 50.6 Å². The van der Waals surface area contributed by atoms with Gasteiger partial charge in [0, 0.05) is 28.4 Å². The van der Waals surface area contributed by atoms with Gasteiger partial charge in [0.15, 0.2) is 0 Å². The first-order valence-corrected chi connectivity index (χ1v) is 8.35. The van der Waals surface area contributed by atoms with E-state index in [2.05, 4.69) is 30.7 Å². The van der Waals surface area contributed by atoms with Gasteiger partial charge in [-0.3, -0.25) is 5.10 Å². The monoisotopic (exact) mass is 364 g/mol.